The lowest BCUT2D eigenvalue weighted by Crippen LogP contribution is -2.54. The molecule has 1 unspecified atom stereocenters. The molecule has 1 aromatic carbocycles. The first-order valence-corrected chi connectivity index (χ1v) is 12.0. The Hall–Kier alpha value is -1.75. The van der Waals surface area contributed by atoms with Gasteiger partial charge >= 0.3 is 0 Å². The van der Waals surface area contributed by atoms with E-state index in [1.807, 2.05) is 4.90 Å². The minimum absolute atomic E-state index is 0. The number of guanidine groups is 1. The van der Waals surface area contributed by atoms with Gasteiger partial charge < -0.3 is 24.6 Å². The average molecular weight is 572 g/mol. The molecule has 1 atom stereocenters. The van der Waals surface area contributed by atoms with Gasteiger partial charge in [0.25, 0.3) is 0 Å². The number of benzene rings is 1. The van der Waals surface area contributed by atoms with Gasteiger partial charge in [0.2, 0.25) is 5.91 Å². The summed E-state index contributed by atoms with van der Waals surface area (Å²) in [5, 5.41) is 3.43. The van der Waals surface area contributed by atoms with Gasteiger partial charge in [-0.3, -0.25) is 9.69 Å². The number of piperazine rings is 1. The van der Waals surface area contributed by atoms with Crippen molar-refractivity contribution in [3.05, 3.63) is 23.3 Å². The third-order valence-electron chi connectivity index (χ3n) is 6.52. The quantitative estimate of drug-likeness (QED) is 0.321. The Labute approximate surface area is 214 Å². The topological polar surface area (TPSA) is 69.6 Å². The number of halogens is 1. The number of nitrogens with zero attached hydrogens (tertiary/aromatic N) is 4. The van der Waals surface area contributed by atoms with Gasteiger partial charge in [0, 0.05) is 63.4 Å². The molecule has 0 spiro atoms. The van der Waals surface area contributed by atoms with E-state index in [0.29, 0.717) is 13.1 Å². The largest absolute Gasteiger partial charge is 0.496 e. The Morgan fingerprint density at radius 3 is 2.55 bits per heavy atom. The molecule has 9 heteroatoms. The molecule has 3 heterocycles. The summed E-state index contributed by atoms with van der Waals surface area (Å²) in [5.41, 5.74) is 2.24. The number of amides is 1. The fourth-order valence-electron chi connectivity index (χ4n) is 4.76. The van der Waals surface area contributed by atoms with Gasteiger partial charge in [-0.2, -0.15) is 0 Å². The van der Waals surface area contributed by atoms with Crippen LogP contribution in [0, 0.1) is 0 Å². The van der Waals surface area contributed by atoms with E-state index in [1.165, 1.54) is 5.56 Å². The van der Waals surface area contributed by atoms with Crippen LogP contribution in [0.15, 0.2) is 17.1 Å². The Balaban J connectivity index is 0.00000306. The van der Waals surface area contributed by atoms with Gasteiger partial charge in [-0.05, 0) is 38.8 Å². The molecule has 3 aliphatic rings. The molecule has 0 radical (unpaired) electrons. The van der Waals surface area contributed by atoms with Crippen molar-refractivity contribution in [2.24, 2.45) is 4.99 Å². The summed E-state index contributed by atoms with van der Waals surface area (Å²) in [6, 6.07) is 4.17. The van der Waals surface area contributed by atoms with E-state index in [9.17, 15) is 4.79 Å². The predicted molar refractivity (Wildman–Crippen MR) is 141 cm³/mol. The first-order valence-electron chi connectivity index (χ1n) is 12.0. The van der Waals surface area contributed by atoms with Crippen LogP contribution < -0.4 is 14.8 Å². The van der Waals surface area contributed by atoms with E-state index in [2.05, 4.69) is 41.1 Å². The highest BCUT2D eigenvalue weighted by Gasteiger charge is 2.25. The lowest BCUT2D eigenvalue weighted by atomic mass is 10.1. The number of rotatable bonds is 6. The van der Waals surface area contributed by atoms with Crippen LogP contribution in [0.3, 0.4) is 0 Å². The molecule has 1 N–H and O–H groups in total. The predicted octanol–water partition coefficient (Wildman–Crippen LogP) is 2.34. The van der Waals surface area contributed by atoms with Crippen molar-refractivity contribution in [2.75, 3.05) is 59.5 Å². The fourth-order valence-corrected chi connectivity index (χ4v) is 4.76. The molecule has 0 bridgehead atoms. The van der Waals surface area contributed by atoms with Crippen LogP contribution in [-0.4, -0.2) is 92.1 Å². The maximum Gasteiger partial charge on any atom is 0.236 e. The number of hydrogen-bond donors (Lipinski definition) is 1. The highest BCUT2D eigenvalue weighted by Crippen LogP contribution is 2.35. The molecule has 184 valence electrons. The van der Waals surface area contributed by atoms with Crippen LogP contribution >= 0.6 is 24.0 Å². The maximum atomic E-state index is 12.5. The molecule has 8 nitrogen and oxygen atoms in total. The van der Waals surface area contributed by atoms with E-state index in [-0.39, 0.29) is 36.0 Å². The zero-order chi connectivity index (χ0) is 22.5. The van der Waals surface area contributed by atoms with Crippen LogP contribution in [0.2, 0.25) is 0 Å². The molecular weight excluding hydrogens is 533 g/mol. The third kappa shape index (κ3) is 6.44. The lowest BCUT2D eigenvalue weighted by molar-refractivity contribution is -0.131. The monoisotopic (exact) mass is 571 g/mol. The number of methoxy groups -OCH3 is 1. The van der Waals surface area contributed by atoms with E-state index in [4.69, 9.17) is 14.5 Å². The minimum atomic E-state index is 0. The van der Waals surface area contributed by atoms with Gasteiger partial charge in [-0.1, -0.05) is 0 Å². The van der Waals surface area contributed by atoms with E-state index in [0.717, 1.165) is 88.1 Å². The highest BCUT2D eigenvalue weighted by molar-refractivity contribution is 14.0. The van der Waals surface area contributed by atoms with Gasteiger partial charge in [0.1, 0.15) is 17.6 Å². The van der Waals surface area contributed by atoms with E-state index < -0.39 is 0 Å². The molecule has 1 amide bonds. The Kier molecular flexibility index (Phi) is 9.48. The maximum absolute atomic E-state index is 12.5. The van der Waals surface area contributed by atoms with Crippen molar-refractivity contribution in [1.29, 1.82) is 0 Å². The zero-order valence-corrected chi connectivity index (χ0v) is 22.5. The molecule has 2 fully saturated rings. The van der Waals surface area contributed by atoms with Crippen LogP contribution in [0.25, 0.3) is 0 Å². The standard InChI is InChI=1S/C24H37N5O3.HI/c1-4-25-24(26-16-20-15-22-19(13-18(2)32-22)14-21(20)31-3)29-11-9-27(10-12-29)17-23(30)28-7-5-6-8-28;/h14-15,18H,4-13,16-17H2,1-3H3,(H,25,26);1H. The Morgan fingerprint density at radius 1 is 1.15 bits per heavy atom. The van der Waals surface area contributed by atoms with E-state index >= 15 is 0 Å². The first-order chi connectivity index (χ1) is 15.6. The van der Waals surface area contributed by atoms with Crippen LogP contribution in [0.5, 0.6) is 11.5 Å². The number of ether oxygens (including phenoxy) is 2. The molecule has 4 rings (SSSR count). The molecule has 0 aromatic heterocycles. The second-order valence-electron chi connectivity index (χ2n) is 8.93. The number of carbonyl (C=O) groups excluding carboxylic acids is 1. The Morgan fingerprint density at radius 2 is 1.88 bits per heavy atom. The lowest BCUT2D eigenvalue weighted by Gasteiger charge is -2.36. The Bertz CT molecular complexity index is 836. The zero-order valence-electron chi connectivity index (χ0n) is 20.1. The van der Waals surface area contributed by atoms with E-state index in [1.54, 1.807) is 7.11 Å². The smallest absolute Gasteiger partial charge is 0.236 e. The third-order valence-corrected chi connectivity index (χ3v) is 6.52. The van der Waals surface area contributed by atoms with Crippen molar-refractivity contribution < 1.29 is 14.3 Å². The highest BCUT2D eigenvalue weighted by atomic mass is 127. The summed E-state index contributed by atoms with van der Waals surface area (Å²) in [5.74, 6) is 3.00. The number of fused-ring (bicyclic) bond motifs is 1. The molecule has 3 aliphatic heterocycles. The molecular formula is C24H38IN5O3. The minimum Gasteiger partial charge on any atom is -0.496 e. The normalized spacial score (nSPS) is 20.8. The van der Waals surface area contributed by atoms with Gasteiger partial charge in [0.05, 0.1) is 20.2 Å². The first kappa shape index (κ1) is 25.9. The molecule has 0 aliphatic carbocycles. The number of aliphatic imine (C=N–C) groups is 1. The van der Waals surface area contributed by atoms with Crippen LogP contribution in [0.4, 0.5) is 0 Å². The number of hydrogen-bond acceptors (Lipinski definition) is 5. The van der Waals surface area contributed by atoms with Crippen molar-refractivity contribution >= 4 is 35.8 Å². The van der Waals surface area contributed by atoms with Crippen molar-refractivity contribution in [3.8, 4) is 11.5 Å². The molecule has 33 heavy (non-hydrogen) atoms. The molecule has 0 saturated carbocycles. The summed E-state index contributed by atoms with van der Waals surface area (Å²) >= 11 is 0. The van der Waals surface area contributed by atoms with Gasteiger partial charge in [0.15, 0.2) is 5.96 Å². The van der Waals surface area contributed by atoms with Crippen LogP contribution in [-0.2, 0) is 17.8 Å². The number of carbonyl (C=O) groups is 1. The summed E-state index contributed by atoms with van der Waals surface area (Å²) in [6.45, 7) is 11.4. The SMILES string of the molecule is CCNC(=NCc1cc2c(cc1OC)CC(C)O2)N1CCN(CC(=O)N2CCCC2)CC1.I. The average Bonchev–Trinajstić information content (AvgIpc) is 3.45. The molecule has 1 aromatic rings. The molecule has 2 saturated heterocycles. The van der Waals surface area contributed by atoms with Crippen LogP contribution in [0.1, 0.15) is 37.8 Å². The second-order valence-corrected chi connectivity index (χ2v) is 8.93. The summed E-state index contributed by atoms with van der Waals surface area (Å²) in [6.07, 6.45) is 3.41. The van der Waals surface area contributed by atoms with Crippen molar-refractivity contribution in [1.82, 2.24) is 20.0 Å². The fraction of sp³-hybridized carbons (Fsp3) is 0.667. The number of nitrogens with one attached hydrogen (secondary N) is 1. The van der Waals surface area contributed by atoms with Gasteiger partial charge in [-0.15, -0.1) is 24.0 Å². The number of likely N-dealkylation sites (tertiary alicyclic amines) is 1. The van der Waals surface area contributed by atoms with Crippen molar-refractivity contribution in [3.63, 3.8) is 0 Å². The van der Waals surface area contributed by atoms with Gasteiger partial charge in [-0.25, -0.2) is 4.99 Å². The van der Waals surface area contributed by atoms with Crippen molar-refractivity contribution in [2.45, 2.75) is 45.8 Å². The summed E-state index contributed by atoms with van der Waals surface area (Å²) in [7, 11) is 1.71. The summed E-state index contributed by atoms with van der Waals surface area (Å²) in [4.78, 5) is 23.9. The summed E-state index contributed by atoms with van der Waals surface area (Å²) < 4.78 is 11.6. The second kappa shape index (κ2) is 12.1.